The van der Waals surface area contributed by atoms with Gasteiger partial charge in [0.25, 0.3) is 0 Å². The lowest BCUT2D eigenvalue weighted by atomic mass is 9.48. The van der Waals surface area contributed by atoms with Gasteiger partial charge in [0.2, 0.25) is 0 Å². The quantitative estimate of drug-likeness (QED) is 0.239. The first kappa shape index (κ1) is 21.2. The van der Waals surface area contributed by atoms with E-state index in [-0.39, 0.29) is 36.7 Å². The molecule has 8 bridgehead atoms. The van der Waals surface area contributed by atoms with Crippen LogP contribution in [-0.4, -0.2) is 31.4 Å². The molecule has 0 aliphatic heterocycles. The predicted octanol–water partition coefficient (Wildman–Crippen LogP) is 5.03. The van der Waals surface area contributed by atoms with Crippen LogP contribution in [-0.2, 0) is 23.8 Å². The maximum absolute atomic E-state index is 13.2. The Balaban J connectivity index is 1.03. The highest BCUT2D eigenvalue weighted by Gasteiger charge is 2.60. The van der Waals surface area contributed by atoms with Crippen LogP contribution in [0.2, 0.25) is 0 Å². The van der Waals surface area contributed by atoms with Gasteiger partial charge in [0.1, 0.15) is 6.10 Å². The molecule has 0 heterocycles. The number of ether oxygens (including phenoxy) is 3. The Bertz CT molecular complexity index is 764. The fourth-order valence-electron chi connectivity index (χ4n) is 9.62. The number of rotatable bonds is 7. The molecule has 8 saturated carbocycles. The molecule has 0 amide bonds. The number of carbonyl (C=O) groups is 2. The van der Waals surface area contributed by atoms with Gasteiger partial charge >= 0.3 is 11.9 Å². The van der Waals surface area contributed by atoms with Crippen molar-refractivity contribution in [1.29, 1.82) is 0 Å². The molecule has 0 N–H and O–H groups in total. The molecule has 5 heteroatoms. The van der Waals surface area contributed by atoms with Crippen molar-refractivity contribution in [1.82, 2.24) is 0 Å². The minimum Gasteiger partial charge on any atom is -0.458 e. The summed E-state index contributed by atoms with van der Waals surface area (Å²) in [6.45, 7) is 6.26. The summed E-state index contributed by atoms with van der Waals surface area (Å²) in [5.74, 6) is 3.44. The summed E-state index contributed by atoms with van der Waals surface area (Å²) in [5, 5.41) is 0. The molecule has 176 valence electrons. The van der Waals surface area contributed by atoms with Crippen LogP contribution in [0.4, 0.5) is 0 Å². The van der Waals surface area contributed by atoms with E-state index in [1.54, 1.807) is 6.92 Å². The van der Waals surface area contributed by atoms with Crippen molar-refractivity contribution < 1.29 is 23.8 Å². The molecule has 8 aliphatic carbocycles. The third-order valence-electron chi connectivity index (χ3n) is 10.1. The van der Waals surface area contributed by atoms with E-state index >= 15 is 0 Å². The molecule has 8 aliphatic rings. The predicted molar refractivity (Wildman–Crippen MR) is 118 cm³/mol. The Morgan fingerprint density at radius 3 is 1.97 bits per heavy atom. The highest BCUT2D eigenvalue weighted by molar-refractivity contribution is 5.87. The monoisotopic (exact) mass is 442 g/mol. The number of hydrogen-bond donors (Lipinski definition) is 0. The molecule has 0 saturated heterocycles. The number of esters is 2. The third kappa shape index (κ3) is 3.54. The van der Waals surface area contributed by atoms with Crippen molar-refractivity contribution in [3.05, 3.63) is 12.2 Å². The minimum atomic E-state index is -0.396. The SMILES string of the molecule is C=C(C)C(=O)OC1C2CC3CC1CC(C(=O)OCOCC14CC5CC(CC(C5)C1)C4)(C3)C2. The van der Waals surface area contributed by atoms with Gasteiger partial charge in [0, 0.05) is 5.57 Å². The molecule has 0 radical (unpaired) electrons. The van der Waals surface area contributed by atoms with Gasteiger partial charge in [-0.15, -0.1) is 0 Å². The van der Waals surface area contributed by atoms with Crippen LogP contribution in [0.1, 0.15) is 77.6 Å². The normalized spacial score (nSPS) is 47.5. The maximum Gasteiger partial charge on any atom is 0.333 e. The average Bonchev–Trinajstić information content (AvgIpc) is 2.72. The Morgan fingerprint density at radius 2 is 1.41 bits per heavy atom. The second-order valence-electron chi connectivity index (χ2n) is 12.7. The van der Waals surface area contributed by atoms with Crippen molar-refractivity contribution in [3.63, 3.8) is 0 Å². The highest BCUT2D eigenvalue weighted by Crippen LogP contribution is 2.62. The molecule has 2 atom stereocenters. The summed E-state index contributed by atoms with van der Waals surface area (Å²) in [6.07, 6.45) is 12.8. The van der Waals surface area contributed by atoms with Gasteiger partial charge in [-0.2, -0.15) is 0 Å². The minimum absolute atomic E-state index is 0.0657. The summed E-state index contributed by atoms with van der Waals surface area (Å²) in [6, 6.07) is 0. The summed E-state index contributed by atoms with van der Waals surface area (Å²) >= 11 is 0. The second-order valence-corrected chi connectivity index (χ2v) is 12.7. The number of carbonyl (C=O) groups excluding carboxylic acids is 2. The van der Waals surface area contributed by atoms with E-state index in [0.29, 0.717) is 16.9 Å². The Hall–Kier alpha value is -1.36. The summed E-state index contributed by atoms with van der Waals surface area (Å²) in [5.41, 5.74) is 0.402. The van der Waals surface area contributed by atoms with E-state index < -0.39 is 5.41 Å². The Labute approximate surface area is 191 Å². The van der Waals surface area contributed by atoms with E-state index in [1.165, 1.54) is 38.5 Å². The lowest BCUT2D eigenvalue weighted by Crippen LogP contribution is -2.57. The van der Waals surface area contributed by atoms with Crippen LogP contribution in [0.15, 0.2) is 12.2 Å². The Morgan fingerprint density at radius 1 is 0.844 bits per heavy atom. The van der Waals surface area contributed by atoms with Crippen LogP contribution in [0.25, 0.3) is 0 Å². The third-order valence-corrected chi connectivity index (χ3v) is 10.1. The van der Waals surface area contributed by atoms with E-state index in [0.717, 1.165) is 56.5 Å². The summed E-state index contributed by atoms with van der Waals surface area (Å²) in [7, 11) is 0. The largest absolute Gasteiger partial charge is 0.458 e. The zero-order valence-electron chi connectivity index (χ0n) is 19.5. The van der Waals surface area contributed by atoms with Gasteiger partial charge in [-0.25, -0.2) is 4.79 Å². The highest BCUT2D eigenvalue weighted by atomic mass is 16.7. The van der Waals surface area contributed by atoms with Crippen LogP contribution in [0, 0.1) is 46.3 Å². The first-order valence-electron chi connectivity index (χ1n) is 12.9. The van der Waals surface area contributed by atoms with Crippen molar-refractivity contribution >= 4 is 11.9 Å². The summed E-state index contributed by atoms with van der Waals surface area (Å²) in [4.78, 5) is 25.4. The van der Waals surface area contributed by atoms with Gasteiger partial charge < -0.3 is 14.2 Å². The maximum atomic E-state index is 13.2. The topological polar surface area (TPSA) is 61.8 Å². The molecular formula is C27H38O5. The standard InChI is InChI=1S/C27H38O5/c1-16(2)24(28)32-23-21-6-20-7-22(23)13-27(11-20,12-21)25(29)31-15-30-14-26-8-17-3-18(9-26)5-19(4-17)10-26/h17-23H,1,3-15H2,2H3. The van der Waals surface area contributed by atoms with Crippen LogP contribution >= 0.6 is 0 Å². The fraction of sp³-hybridized carbons (Fsp3) is 0.852. The zero-order chi connectivity index (χ0) is 22.1. The summed E-state index contributed by atoms with van der Waals surface area (Å²) < 4.78 is 17.6. The molecule has 8 rings (SSSR count). The van der Waals surface area contributed by atoms with Gasteiger partial charge in [-0.1, -0.05) is 6.58 Å². The molecule has 8 fully saturated rings. The van der Waals surface area contributed by atoms with Gasteiger partial charge in [-0.3, -0.25) is 4.79 Å². The Kier molecular flexibility index (Phi) is 5.02. The van der Waals surface area contributed by atoms with Crippen LogP contribution < -0.4 is 0 Å². The van der Waals surface area contributed by atoms with Gasteiger partial charge in [0.05, 0.1) is 12.0 Å². The molecular weight excluding hydrogens is 404 g/mol. The fourth-order valence-corrected chi connectivity index (χ4v) is 9.62. The van der Waals surface area contributed by atoms with E-state index in [9.17, 15) is 9.59 Å². The smallest absolute Gasteiger partial charge is 0.333 e. The first-order valence-corrected chi connectivity index (χ1v) is 12.9. The lowest BCUT2D eigenvalue weighted by molar-refractivity contribution is -0.203. The van der Waals surface area contributed by atoms with Crippen LogP contribution in [0.3, 0.4) is 0 Å². The van der Waals surface area contributed by atoms with Gasteiger partial charge in [0.15, 0.2) is 6.79 Å². The molecule has 0 aromatic heterocycles. The van der Waals surface area contributed by atoms with Crippen molar-refractivity contribution in [2.24, 2.45) is 46.3 Å². The molecule has 0 spiro atoms. The number of hydrogen-bond acceptors (Lipinski definition) is 5. The van der Waals surface area contributed by atoms with Crippen molar-refractivity contribution in [2.75, 3.05) is 13.4 Å². The van der Waals surface area contributed by atoms with Crippen LogP contribution in [0.5, 0.6) is 0 Å². The van der Waals surface area contributed by atoms with Gasteiger partial charge in [-0.05, 0) is 118 Å². The molecule has 32 heavy (non-hydrogen) atoms. The molecule has 0 aromatic rings. The van der Waals surface area contributed by atoms with E-state index in [4.69, 9.17) is 14.2 Å². The van der Waals surface area contributed by atoms with E-state index in [2.05, 4.69) is 6.58 Å². The van der Waals surface area contributed by atoms with E-state index in [1.807, 2.05) is 0 Å². The first-order chi connectivity index (χ1) is 15.3. The second kappa shape index (κ2) is 7.58. The molecule has 0 aromatic carbocycles. The zero-order valence-corrected chi connectivity index (χ0v) is 19.5. The lowest BCUT2D eigenvalue weighted by Gasteiger charge is -2.58. The molecule has 2 unspecified atom stereocenters. The van der Waals surface area contributed by atoms with Crippen molar-refractivity contribution in [2.45, 2.75) is 83.7 Å². The molecule has 5 nitrogen and oxygen atoms in total. The van der Waals surface area contributed by atoms with Crippen molar-refractivity contribution in [3.8, 4) is 0 Å². The average molecular weight is 443 g/mol.